The first-order valence-corrected chi connectivity index (χ1v) is 9.47. The van der Waals surface area contributed by atoms with E-state index in [0.717, 1.165) is 29.8 Å². The maximum absolute atomic E-state index is 5.97. The molecule has 0 spiro atoms. The SMILES string of the molecule is Clc1ccc(CN2COOCN/C2=N\c2ccc(OC3CCC3)cc2)cc1. The second-order valence-corrected chi connectivity index (χ2v) is 7.05. The second-order valence-electron chi connectivity index (χ2n) is 6.61. The van der Waals surface area contributed by atoms with Crippen LogP contribution in [0, 0.1) is 0 Å². The minimum absolute atomic E-state index is 0.235. The molecular formula is C20H22ClN3O3. The van der Waals surface area contributed by atoms with Gasteiger partial charge in [0.1, 0.15) is 5.75 Å². The third-order valence-corrected chi connectivity index (χ3v) is 4.85. The summed E-state index contributed by atoms with van der Waals surface area (Å²) in [7, 11) is 0. The fourth-order valence-electron chi connectivity index (χ4n) is 2.85. The maximum Gasteiger partial charge on any atom is 0.203 e. The molecule has 0 unspecified atom stereocenters. The van der Waals surface area contributed by atoms with Crippen molar-refractivity contribution in [2.75, 3.05) is 13.5 Å². The average Bonchev–Trinajstić information content (AvgIpc) is 2.87. The number of nitrogens with one attached hydrogen (secondary N) is 1. The maximum atomic E-state index is 5.97. The molecule has 1 heterocycles. The van der Waals surface area contributed by atoms with Gasteiger partial charge in [-0.2, -0.15) is 0 Å². The molecule has 2 fully saturated rings. The molecule has 6 nitrogen and oxygen atoms in total. The van der Waals surface area contributed by atoms with Gasteiger partial charge in [-0.15, -0.1) is 0 Å². The number of halogens is 1. The predicted octanol–water partition coefficient (Wildman–Crippen LogP) is 4.23. The number of hydrogen-bond acceptors (Lipinski definition) is 4. The molecule has 0 amide bonds. The summed E-state index contributed by atoms with van der Waals surface area (Å²) in [5, 5.41) is 3.86. The van der Waals surface area contributed by atoms with Crippen LogP contribution in [0.15, 0.2) is 53.5 Å². The van der Waals surface area contributed by atoms with E-state index >= 15 is 0 Å². The van der Waals surface area contributed by atoms with Crippen LogP contribution in [0.2, 0.25) is 5.02 Å². The summed E-state index contributed by atoms with van der Waals surface area (Å²) in [5.41, 5.74) is 1.94. The van der Waals surface area contributed by atoms with Crippen LogP contribution in [-0.4, -0.2) is 30.4 Å². The first-order chi connectivity index (χ1) is 13.3. The van der Waals surface area contributed by atoms with Crippen molar-refractivity contribution in [1.29, 1.82) is 0 Å². The first kappa shape index (κ1) is 18.1. The summed E-state index contributed by atoms with van der Waals surface area (Å²) in [6.07, 6.45) is 3.92. The van der Waals surface area contributed by atoms with Crippen molar-refractivity contribution in [2.24, 2.45) is 4.99 Å². The lowest BCUT2D eigenvalue weighted by Crippen LogP contribution is -2.39. The van der Waals surface area contributed by atoms with E-state index in [1.165, 1.54) is 6.42 Å². The molecule has 7 heteroatoms. The van der Waals surface area contributed by atoms with Crippen molar-refractivity contribution in [3.63, 3.8) is 0 Å². The van der Waals surface area contributed by atoms with Crippen molar-refractivity contribution in [2.45, 2.75) is 31.9 Å². The van der Waals surface area contributed by atoms with Gasteiger partial charge in [0.25, 0.3) is 0 Å². The van der Waals surface area contributed by atoms with E-state index in [1.807, 2.05) is 53.4 Å². The molecule has 1 saturated heterocycles. The minimum atomic E-state index is 0.235. The largest absolute Gasteiger partial charge is 0.490 e. The molecule has 1 saturated carbocycles. The highest BCUT2D eigenvalue weighted by molar-refractivity contribution is 6.30. The Kier molecular flexibility index (Phi) is 5.77. The third kappa shape index (κ3) is 4.91. The standard InChI is InChI=1S/C20H22ClN3O3/c21-16-6-4-15(5-7-16)12-24-14-26-25-13-22-20(24)23-17-8-10-19(11-9-17)27-18-2-1-3-18/h4-11,18H,1-3,12-14H2,(H,22,23). The van der Waals surface area contributed by atoms with Gasteiger partial charge in [-0.1, -0.05) is 23.7 Å². The Morgan fingerprint density at radius 2 is 1.85 bits per heavy atom. The van der Waals surface area contributed by atoms with Gasteiger partial charge in [0.2, 0.25) is 5.96 Å². The van der Waals surface area contributed by atoms with E-state index in [2.05, 4.69) is 5.32 Å². The molecule has 2 aromatic carbocycles. The summed E-state index contributed by atoms with van der Waals surface area (Å²) in [4.78, 5) is 16.9. The number of aliphatic imine (C=N–C) groups is 1. The lowest BCUT2D eigenvalue weighted by Gasteiger charge is -2.26. The molecule has 4 rings (SSSR count). The summed E-state index contributed by atoms with van der Waals surface area (Å²) >= 11 is 5.97. The van der Waals surface area contributed by atoms with Crippen molar-refractivity contribution in [3.8, 4) is 5.75 Å². The lowest BCUT2D eigenvalue weighted by molar-refractivity contribution is -0.305. The van der Waals surface area contributed by atoms with Crippen molar-refractivity contribution >= 4 is 23.2 Å². The van der Waals surface area contributed by atoms with Gasteiger partial charge >= 0.3 is 0 Å². The van der Waals surface area contributed by atoms with E-state index in [4.69, 9.17) is 31.1 Å². The topological polar surface area (TPSA) is 55.3 Å². The molecule has 1 N–H and O–H groups in total. The molecule has 1 aliphatic heterocycles. The fraction of sp³-hybridized carbons (Fsp3) is 0.350. The van der Waals surface area contributed by atoms with Crippen LogP contribution in [0.5, 0.6) is 5.75 Å². The normalized spacial score (nSPS) is 19.3. The third-order valence-electron chi connectivity index (χ3n) is 4.59. The molecule has 0 radical (unpaired) electrons. The van der Waals surface area contributed by atoms with Gasteiger partial charge in [0, 0.05) is 11.6 Å². The summed E-state index contributed by atoms with van der Waals surface area (Å²) in [5.74, 6) is 1.58. The Morgan fingerprint density at radius 1 is 1.07 bits per heavy atom. The highest BCUT2D eigenvalue weighted by Crippen LogP contribution is 2.26. The van der Waals surface area contributed by atoms with Crippen LogP contribution in [0.4, 0.5) is 5.69 Å². The highest BCUT2D eigenvalue weighted by atomic mass is 35.5. The quantitative estimate of drug-likeness (QED) is 0.778. The average molecular weight is 388 g/mol. The number of nitrogens with zero attached hydrogens (tertiary/aromatic N) is 2. The highest BCUT2D eigenvalue weighted by Gasteiger charge is 2.19. The summed E-state index contributed by atoms with van der Waals surface area (Å²) in [6, 6.07) is 15.5. The first-order valence-electron chi connectivity index (χ1n) is 9.09. The van der Waals surface area contributed by atoms with Crippen LogP contribution >= 0.6 is 11.6 Å². The molecule has 27 heavy (non-hydrogen) atoms. The Labute approximate surface area is 163 Å². The summed E-state index contributed by atoms with van der Waals surface area (Å²) in [6.45, 7) is 1.13. The number of hydrogen-bond donors (Lipinski definition) is 1. The van der Waals surface area contributed by atoms with Crippen LogP contribution in [0.1, 0.15) is 24.8 Å². The smallest absolute Gasteiger partial charge is 0.203 e. The van der Waals surface area contributed by atoms with Gasteiger partial charge in [-0.25, -0.2) is 14.8 Å². The fourth-order valence-corrected chi connectivity index (χ4v) is 2.98. The van der Waals surface area contributed by atoms with Gasteiger partial charge in [-0.05, 0) is 61.2 Å². The second kappa shape index (κ2) is 8.61. The monoisotopic (exact) mass is 387 g/mol. The Hall–Kier alpha value is -2.28. The number of benzene rings is 2. The molecule has 1 aliphatic carbocycles. The van der Waals surface area contributed by atoms with E-state index in [-0.39, 0.29) is 13.5 Å². The molecule has 0 bridgehead atoms. The van der Waals surface area contributed by atoms with Gasteiger partial charge < -0.3 is 15.0 Å². The zero-order valence-corrected chi connectivity index (χ0v) is 15.7. The van der Waals surface area contributed by atoms with Crippen molar-refractivity contribution in [3.05, 3.63) is 59.1 Å². The van der Waals surface area contributed by atoms with Gasteiger partial charge in [-0.3, -0.25) is 0 Å². The van der Waals surface area contributed by atoms with Crippen LogP contribution < -0.4 is 10.1 Å². The molecule has 2 aliphatic rings. The van der Waals surface area contributed by atoms with Crippen molar-refractivity contribution in [1.82, 2.24) is 10.2 Å². The van der Waals surface area contributed by atoms with Crippen LogP contribution in [0.3, 0.4) is 0 Å². The molecule has 2 aromatic rings. The van der Waals surface area contributed by atoms with E-state index in [1.54, 1.807) is 0 Å². The number of guanidine groups is 1. The summed E-state index contributed by atoms with van der Waals surface area (Å²) < 4.78 is 5.90. The Morgan fingerprint density at radius 3 is 2.56 bits per heavy atom. The molecule has 142 valence electrons. The number of ether oxygens (including phenoxy) is 1. The molecule has 0 atom stereocenters. The Bertz CT molecular complexity index is 776. The van der Waals surface area contributed by atoms with Gasteiger partial charge in [0.15, 0.2) is 13.5 Å². The predicted molar refractivity (Wildman–Crippen MR) is 104 cm³/mol. The molecule has 0 aromatic heterocycles. The van der Waals surface area contributed by atoms with Crippen molar-refractivity contribution < 1.29 is 14.5 Å². The lowest BCUT2D eigenvalue weighted by atomic mass is 9.96. The Balaban J connectivity index is 1.48. The zero-order valence-electron chi connectivity index (χ0n) is 14.9. The van der Waals surface area contributed by atoms with Crippen LogP contribution in [-0.2, 0) is 16.3 Å². The van der Waals surface area contributed by atoms with E-state index < -0.39 is 0 Å². The van der Waals surface area contributed by atoms with E-state index in [9.17, 15) is 0 Å². The minimum Gasteiger partial charge on any atom is -0.490 e. The van der Waals surface area contributed by atoms with E-state index in [0.29, 0.717) is 23.6 Å². The van der Waals surface area contributed by atoms with Gasteiger partial charge in [0.05, 0.1) is 11.8 Å². The number of rotatable bonds is 5. The van der Waals surface area contributed by atoms with Crippen LogP contribution in [0.25, 0.3) is 0 Å². The zero-order chi connectivity index (χ0) is 18.5. The molecular weight excluding hydrogens is 366 g/mol.